The summed E-state index contributed by atoms with van der Waals surface area (Å²) in [7, 11) is 3.50. The molecule has 1 aromatic heterocycles. The third-order valence-electron chi connectivity index (χ3n) is 4.05. The number of aliphatic imine (C=N–C) groups is 1. The first-order valence-electron chi connectivity index (χ1n) is 8.71. The summed E-state index contributed by atoms with van der Waals surface area (Å²) in [6.45, 7) is 6.68. The Hall–Kier alpha value is -1.77. The minimum Gasteiger partial charge on any atom is -0.496 e. The number of guanidine groups is 1. The fourth-order valence-electron chi connectivity index (χ4n) is 2.78. The molecule has 0 aliphatic carbocycles. The number of aromatic nitrogens is 2. The molecule has 0 amide bonds. The van der Waals surface area contributed by atoms with Gasteiger partial charge in [-0.25, -0.2) is 0 Å². The molecule has 6 nitrogen and oxygen atoms in total. The second kappa shape index (κ2) is 11.8. The largest absolute Gasteiger partial charge is 0.496 e. The molecule has 144 valence electrons. The molecule has 0 unspecified atom stereocenters. The van der Waals surface area contributed by atoms with Gasteiger partial charge in [-0.2, -0.15) is 5.10 Å². The maximum absolute atomic E-state index is 5.38. The van der Waals surface area contributed by atoms with Crippen LogP contribution in [0.2, 0.25) is 0 Å². The Morgan fingerprint density at radius 1 is 1.19 bits per heavy atom. The van der Waals surface area contributed by atoms with Crippen LogP contribution < -0.4 is 15.4 Å². The number of para-hydroxylation sites is 1. The average Bonchev–Trinajstić information content (AvgIpc) is 2.94. The van der Waals surface area contributed by atoms with Gasteiger partial charge in [-0.3, -0.25) is 9.67 Å². The molecular weight excluding hydrogens is 441 g/mol. The SMILES string of the molecule is CN=C(NCCCn1nc(C)cc1C)NCCc1ccccc1OC.I. The average molecular weight is 471 g/mol. The number of hydrogen-bond acceptors (Lipinski definition) is 3. The zero-order valence-electron chi connectivity index (χ0n) is 16.1. The van der Waals surface area contributed by atoms with Gasteiger partial charge in [0.25, 0.3) is 0 Å². The van der Waals surface area contributed by atoms with Gasteiger partial charge in [-0.1, -0.05) is 18.2 Å². The summed E-state index contributed by atoms with van der Waals surface area (Å²) < 4.78 is 7.43. The predicted molar refractivity (Wildman–Crippen MR) is 118 cm³/mol. The number of rotatable bonds is 8. The summed E-state index contributed by atoms with van der Waals surface area (Å²) in [6.07, 6.45) is 1.88. The quantitative estimate of drug-likeness (QED) is 0.269. The molecule has 0 spiro atoms. The van der Waals surface area contributed by atoms with Crippen LogP contribution in [0.4, 0.5) is 0 Å². The van der Waals surface area contributed by atoms with Crippen LogP contribution in [0.3, 0.4) is 0 Å². The number of methoxy groups -OCH3 is 1. The first-order chi connectivity index (χ1) is 12.1. The van der Waals surface area contributed by atoms with Crippen molar-refractivity contribution < 1.29 is 4.74 Å². The molecule has 0 radical (unpaired) electrons. The van der Waals surface area contributed by atoms with E-state index in [1.807, 2.05) is 25.1 Å². The van der Waals surface area contributed by atoms with Crippen LogP contribution in [0.25, 0.3) is 0 Å². The lowest BCUT2D eigenvalue weighted by Crippen LogP contribution is -2.39. The molecule has 1 heterocycles. The molecule has 26 heavy (non-hydrogen) atoms. The highest BCUT2D eigenvalue weighted by Gasteiger charge is 2.03. The first-order valence-corrected chi connectivity index (χ1v) is 8.71. The summed E-state index contributed by atoms with van der Waals surface area (Å²) in [6, 6.07) is 10.2. The standard InChI is InChI=1S/C19H29N5O.HI/c1-15-14-16(2)24(23-15)13-7-11-21-19(20-3)22-12-10-17-8-5-6-9-18(17)25-4;/h5-6,8-9,14H,7,10-13H2,1-4H3,(H2,20,21,22);1H. The molecule has 2 N–H and O–H groups in total. The Morgan fingerprint density at radius 2 is 1.92 bits per heavy atom. The van der Waals surface area contributed by atoms with Gasteiger partial charge in [-0.05, 0) is 44.4 Å². The van der Waals surface area contributed by atoms with Gasteiger partial charge < -0.3 is 15.4 Å². The van der Waals surface area contributed by atoms with E-state index in [0.29, 0.717) is 0 Å². The van der Waals surface area contributed by atoms with E-state index in [0.717, 1.165) is 49.9 Å². The minimum absolute atomic E-state index is 0. The molecule has 7 heteroatoms. The molecule has 0 fully saturated rings. The fraction of sp³-hybridized carbons (Fsp3) is 0.474. The smallest absolute Gasteiger partial charge is 0.190 e. The summed E-state index contributed by atoms with van der Waals surface area (Å²) in [5.74, 6) is 1.75. The number of ether oxygens (including phenoxy) is 1. The summed E-state index contributed by atoms with van der Waals surface area (Å²) in [5.41, 5.74) is 3.47. The lowest BCUT2D eigenvalue weighted by molar-refractivity contribution is 0.409. The van der Waals surface area contributed by atoms with Gasteiger partial charge >= 0.3 is 0 Å². The summed E-state index contributed by atoms with van der Waals surface area (Å²) in [5, 5.41) is 11.2. The Morgan fingerprint density at radius 3 is 2.58 bits per heavy atom. The van der Waals surface area contributed by atoms with Crippen molar-refractivity contribution in [2.75, 3.05) is 27.2 Å². The third kappa shape index (κ3) is 6.86. The molecular formula is C19H30IN5O. The van der Waals surface area contributed by atoms with Crippen molar-refractivity contribution in [2.24, 2.45) is 4.99 Å². The van der Waals surface area contributed by atoms with E-state index in [9.17, 15) is 0 Å². The van der Waals surface area contributed by atoms with Crippen molar-refractivity contribution >= 4 is 29.9 Å². The van der Waals surface area contributed by atoms with Gasteiger partial charge in [0.05, 0.1) is 12.8 Å². The molecule has 0 saturated heterocycles. The van der Waals surface area contributed by atoms with Crippen LogP contribution in [-0.4, -0.2) is 43.0 Å². The second-order valence-corrected chi connectivity index (χ2v) is 5.99. The topological polar surface area (TPSA) is 63.5 Å². The van der Waals surface area contributed by atoms with Crippen LogP contribution in [0.1, 0.15) is 23.4 Å². The van der Waals surface area contributed by atoms with Crippen LogP contribution in [-0.2, 0) is 13.0 Å². The lowest BCUT2D eigenvalue weighted by atomic mass is 10.1. The Kier molecular flexibility index (Phi) is 10.1. The maximum Gasteiger partial charge on any atom is 0.190 e. The molecule has 0 atom stereocenters. The Labute approximate surface area is 173 Å². The van der Waals surface area contributed by atoms with Crippen LogP contribution in [0.5, 0.6) is 5.75 Å². The third-order valence-corrected chi connectivity index (χ3v) is 4.05. The maximum atomic E-state index is 5.38. The normalized spacial score (nSPS) is 11.0. The lowest BCUT2D eigenvalue weighted by Gasteiger charge is -2.13. The molecule has 2 aromatic rings. The van der Waals surface area contributed by atoms with E-state index in [1.54, 1.807) is 14.2 Å². The van der Waals surface area contributed by atoms with Crippen LogP contribution in [0, 0.1) is 13.8 Å². The van der Waals surface area contributed by atoms with Crippen molar-refractivity contribution in [2.45, 2.75) is 33.2 Å². The van der Waals surface area contributed by atoms with E-state index >= 15 is 0 Å². The Balaban J connectivity index is 0.00000338. The van der Waals surface area contributed by atoms with Crippen molar-refractivity contribution in [1.82, 2.24) is 20.4 Å². The zero-order chi connectivity index (χ0) is 18.1. The predicted octanol–water partition coefficient (Wildman–Crippen LogP) is 2.92. The number of hydrogen-bond donors (Lipinski definition) is 2. The van der Waals surface area contributed by atoms with Gasteiger partial charge in [0.1, 0.15) is 5.75 Å². The van der Waals surface area contributed by atoms with Gasteiger partial charge in [0.2, 0.25) is 0 Å². The molecule has 0 aliphatic rings. The van der Waals surface area contributed by atoms with Crippen molar-refractivity contribution in [3.05, 3.63) is 47.3 Å². The highest BCUT2D eigenvalue weighted by molar-refractivity contribution is 14.0. The monoisotopic (exact) mass is 471 g/mol. The zero-order valence-corrected chi connectivity index (χ0v) is 18.4. The number of nitrogens with zero attached hydrogens (tertiary/aromatic N) is 3. The van der Waals surface area contributed by atoms with E-state index in [4.69, 9.17) is 4.74 Å². The van der Waals surface area contributed by atoms with E-state index in [1.165, 1.54) is 11.3 Å². The van der Waals surface area contributed by atoms with E-state index in [2.05, 4.69) is 44.5 Å². The number of benzene rings is 1. The summed E-state index contributed by atoms with van der Waals surface area (Å²) >= 11 is 0. The first kappa shape index (κ1) is 22.3. The fourth-order valence-corrected chi connectivity index (χ4v) is 2.78. The van der Waals surface area contributed by atoms with Crippen molar-refractivity contribution in [1.29, 1.82) is 0 Å². The van der Waals surface area contributed by atoms with E-state index < -0.39 is 0 Å². The second-order valence-electron chi connectivity index (χ2n) is 5.99. The van der Waals surface area contributed by atoms with Crippen molar-refractivity contribution in [3.63, 3.8) is 0 Å². The highest BCUT2D eigenvalue weighted by atomic mass is 127. The van der Waals surface area contributed by atoms with Gasteiger partial charge in [0.15, 0.2) is 5.96 Å². The highest BCUT2D eigenvalue weighted by Crippen LogP contribution is 2.17. The van der Waals surface area contributed by atoms with E-state index in [-0.39, 0.29) is 24.0 Å². The molecule has 2 rings (SSSR count). The number of nitrogens with one attached hydrogen (secondary N) is 2. The number of aryl methyl sites for hydroxylation is 3. The molecule has 0 bridgehead atoms. The molecule has 0 aliphatic heterocycles. The molecule has 0 saturated carbocycles. The van der Waals surface area contributed by atoms with Crippen LogP contribution >= 0.6 is 24.0 Å². The van der Waals surface area contributed by atoms with Gasteiger partial charge in [-0.15, -0.1) is 24.0 Å². The number of halogens is 1. The Bertz CT molecular complexity index is 699. The van der Waals surface area contributed by atoms with Crippen LogP contribution in [0.15, 0.2) is 35.3 Å². The van der Waals surface area contributed by atoms with Gasteiger partial charge in [0, 0.05) is 32.4 Å². The summed E-state index contributed by atoms with van der Waals surface area (Å²) in [4.78, 5) is 4.27. The van der Waals surface area contributed by atoms with Crippen molar-refractivity contribution in [3.8, 4) is 5.75 Å². The molecule has 1 aromatic carbocycles. The minimum atomic E-state index is 0.